The lowest BCUT2D eigenvalue weighted by Gasteiger charge is -2.20. The first-order chi connectivity index (χ1) is 11.2. The predicted octanol–water partition coefficient (Wildman–Crippen LogP) is 2.47. The first-order valence-corrected chi connectivity index (χ1v) is 7.50. The lowest BCUT2D eigenvalue weighted by atomic mass is 10.1. The molecule has 2 aromatic carbocycles. The fourth-order valence-electron chi connectivity index (χ4n) is 2.70. The van der Waals surface area contributed by atoms with Crippen LogP contribution in [-0.4, -0.2) is 31.0 Å². The third kappa shape index (κ3) is 2.47. The lowest BCUT2D eigenvalue weighted by molar-refractivity contribution is 0.0731. The largest absolute Gasteiger partial charge is 0.327 e. The highest BCUT2D eigenvalue weighted by molar-refractivity contribution is 6.31. The molecule has 0 N–H and O–H groups in total. The zero-order valence-electron chi connectivity index (χ0n) is 12.1. The quantitative estimate of drug-likeness (QED) is 0.726. The Bertz CT molecular complexity index is 877. The molecular weight excluding hydrogens is 314 g/mol. The number of nitrogens with zero attached hydrogens (tertiary/aromatic N) is 5. The molecule has 7 heteroatoms. The van der Waals surface area contributed by atoms with Crippen LogP contribution in [0, 0.1) is 0 Å². The summed E-state index contributed by atoms with van der Waals surface area (Å²) in [6, 6.07) is 15.0. The molecule has 0 unspecified atom stereocenters. The molecule has 1 amide bonds. The molecule has 23 heavy (non-hydrogen) atoms. The van der Waals surface area contributed by atoms with E-state index in [-0.39, 0.29) is 5.91 Å². The fourth-order valence-corrected chi connectivity index (χ4v) is 2.87. The summed E-state index contributed by atoms with van der Waals surface area (Å²) in [5, 5.41) is 12.3. The molecule has 1 aliphatic rings. The number of rotatable bonds is 2. The maximum atomic E-state index is 12.9. The molecule has 0 saturated heterocycles. The molecule has 0 spiro atoms. The Morgan fingerprint density at radius 1 is 1.13 bits per heavy atom. The number of halogens is 1. The van der Waals surface area contributed by atoms with Gasteiger partial charge in [-0.1, -0.05) is 41.9 Å². The van der Waals surface area contributed by atoms with Crippen LogP contribution >= 0.6 is 11.6 Å². The van der Waals surface area contributed by atoms with Crippen LogP contribution in [0.5, 0.6) is 0 Å². The first-order valence-electron chi connectivity index (χ1n) is 7.13. The molecule has 2 heterocycles. The van der Waals surface area contributed by atoms with Crippen LogP contribution in [0.1, 0.15) is 21.7 Å². The third-order valence-electron chi connectivity index (χ3n) is 3.79. The van der Waals surface area contributed by atoms with Gasteiger partial charge in [0.2, 0.25) is 0 Å². The SMILES string of the molecule is O=C1c2cc(Cl)ccc2-n2nnnc2CN1Cc1ccccc1. The van der Waals surface area contributed by atoms with E-state index in [4.69, 9.17) is 11.6 Å². The van der Waals surface area contributed by atoms with Crippen molar-refractivity contribution in [2.24, 2.45) is 0 Å². The molecule has 114 valence electrons. The Morgan fingerprint density at radius 2 is 1.96 bits per heavy atom. The Hall–Kier alpha value is -2.73. The molecule has 6 nitrogen and oxygen atoms in total. The van der Waals surface area contributed by atoms with Gasteiger partial charge in [-0.3, -0.25) is 4.79 Å². The van der Waals surface area contributed by atoms with Gasteiger partial charge in [-0.2, -0.15) is 4.68 Å². The zero-order chi connectivity index (χ0) is 15.8. The minimum Gasteiger partial charge on any atom is -0.327 e. The van der Waals surface area contributed by atoms with E-state index in [2.05, 4.69) is 15.5 Å². The highest BCUT2D eigenvalue weighted by Crippen LogP contribution is 2.26. The molecule has 1 aromatic heterocycles. The number of carbonyl (C=O) groups excluding carboxylic acids is 1. The van der Waals surface area contributed by atoms with E-state index in [0.717, 1.165) is 5.56 Å². The van der Waals surface area contributed by atoms with Crippen molar-refractivity contribution in [3.05, 3.63) is 70.5 Å². The number of amides is 1. The molecule has 0 radical (unpaired) electrons. The van der Waals surface area contributed by atoms with Gasteiger partial charge >= 0.3 is 0 Å². The van der Waals surface area contributed by atoms with Crippen LogP contribution in [0.4, 0.5) is 0 Å². The average molecular weight is 326 g/mol. The first kappa shape index (κ1) is 13.9. The predicted molar refractivity (Wildman–Crippen MR) is 84.2 cm³/mol. The van der Waals surface area contributed by atoms with Gasteiger partial charge in [0.05, 0.1) is 17.8 Å². The lowest BCUT2D eigenvalue weighted by Crippen LogP contribution is -2.29. The van der Waals surface area contributed by atoms with Crippen LogP contribution in [-0.2, 0) is 13.1 Å². The van der Waals surface area contributed by atoms with Gasteiger partial charge in [-0.15, -0.1) is 5.10 Å². The van der Waals surface area contributed by atoms with E-state index >= 15 is 0 Å². The second kappa shape index (κ2) is 5.48. The molecular formula is C16H12ClN5O. The monoisotopic (exact) mass is 325 g/mol. The van der Waals surface area contributed by atoms with E-state index in [9.17, 15) is 4.79 Å². The van der Waals surface area contributed by atoms with Gasteiger partial charge in [-0.05, 0) is 34.2 Å². The summed E-state index contributed by atoms with van der Waals surface area (Å²) in [5.74, 6) is 0.522. The summed E-state index contributed by atoms with van der Waals surface area (Å²) in [4.78, 5) is 14.7. The number of fused-ring (bicyclic) bond motifs is 3. The Morgan fingerprint density at radius 3 is 2.78 bits per heavy atom. The summed E-state index contributed by atoms with van der Waals surface area (Å²) in [6.07, 6.45) is 0. The summed E-state index contributed by atoms with van der Waals surface area (Å²) in [7, 11) is 0. The molecule has 4 rings (SSSR count). The number of hydrogen-bond acceptors (Lipinski definition) is 4. The van der Waals surface area contributed by atoms with Crippen molar-refractivity contribution in [1.82, 2.24) is 25.1 Å². The van der Waals surface area contributed by atoms with E-state index < -0.39 is 0 Å². The van der Waals surface area contributed by atoms with Crippen LogP contribution in [0.25, 0.3) is 5.69 Å². The summed E-state index contributed by atoms with van der Waals surface area (Å²) >= 11 is 6.07. The van der Waals surface area contributed by atoms with Crippen molar-refractivity contribution in [3.63, 3.8) is 0 Å². The second-order valence-corrected chi connectivity index (χ2v) is 5.75. The zero-order valence-corrected chi connectivity index (χ0v) is 12.8. The van der Waals surface area contributed by atoms with Crippen molar-refractivity contribution in [2.75, 3.05) is 0 Å². The van der Waals surface area contributed by atoms with Gasteiger partial charge in [0.25, 0.3) is 5.91 Å². The van der Waals surface area contributed by atoms with Gasteiger partial charge in [0, 0.05) is 11.6 Å². The van der Waals surface area contributed by atoms with Gasteiger partial charge in [-0.25, -0.2) is 0 Å². The van der Waals surface area contributed by atoms with Crippen LogP contribution < -0.4 is 0 Å². The van der Waals surface area contributed by atoms with Crippen molar-refractivity contribution < 1.29 is 4.79 Å². The van der Waals surface area contributed by atoms with Crippen molar-refractivity contribution in [3.8, 4) is 5.69 Å². The third-order valence-corrected chi connectivity index (χ3v) is 4.02. The summed E-state index contributed by atoms with van der Waals surface area (Å²) in [6.45, 7) is 0.825. The van der Waals surface area contributed by atoms with Crippen molar-refractivity contribution in [1.29, 1.82) is 0 Å². The maximum absolute atomic E-state index is 12.9. The Kier molecular flexibility index (Phi) is 3.31. The minimum atomic E-state index is -0.0985. The highest BCUT2D eigenvalue weighted by atomic mass is 35.5. The number of benzene rings is 2. The van der Waals surface area contributed by atoms with Crippen LogP contribution in [0.2, 0.25) is 5.02 Å². The number of carbonyl (C=O) groups is 1. The standard InChI is InChI=1S/C16H12ClN5O/c17-12-6-7-14-13(8-12)16(23)21(9-11-4-2-1-3-5-11)10-15-18-19-20-22(14)15/h1-8H,9-10H2. The molecule has 1 aliphatic heterocycles. The molecule has 0 aliphatic carbocycles. The number of hydrogen-bond donors (Lipinski definition) is 0. The Balaban J connectivity index is 1.81. The fraction of sp³-hybridized carbons (Fsp3) is 0.125. The number of tetrazole rings is 1. The van der Waals surface area contributed by atoms with E-state index in [1.165, 1.54) is 0 Å². The van der Waals surface area contributed by atoms with E-state index in [1.807, 2.05) is 30.3 Å². The normalized spacial score (nSPS) is 13.4. The van der Waals surface area contributed by atoms with Crippen molar-refractivity contribution in [2.45, 2.75) is 13.1 Å². The van der Waals surface area contributed by atoms with Crippen LogP contribution in [0.15, 0.2) is 48.5 Å². The van der Waals surface area contributed by atoms with Crippen molar-refractivity contribution >= 4 is 17.5 Å². The number of aromatic nitrogens is 4. The maximum Gasteiger partial charge on any atom is 0.256 e. The molecule has 0 fully saturated rings. The molecule has 0 saturated carbocycles. The van der Waals surface area contributed by atoms with E-state index in [1.54, 1.807) is 27.8 Å². The van der Waals surface area contributed by atoms with Gasteiger partial charge in [0.1, 0.15) is 0 Å². The highest BCUT2D eigenvalue weighted by Gasteiger charge is 2.28. The summed E-state index contributed by atoms with van der Waals surface area (Å²) in [5.41, 5.74) is 2.19. The van der Waals surface area contributed by atoms with E-state index in [0.29, 0.717) is 35.2 Å². The van der Waals surface area contributed by atoms with Gasteiger partial charge in [0.15, 0.2) is 5.82 Å². The second-order valence-electron chi connectivity index (χ2n) is 5.32. The topological polar surface area (TPSA) is 63.9 Å². The minimum absolute atomic E-state index is 0.0985. The Labute approximate surface area is 137 Å². The van der Waals surface area contributed by atoms with Gasteiger partial charge < -0.3 is 4.90 Å². The summed E-state index contributed by atoms with van der Waals surface area (Å²) < 4.78 is 1.59. The molecule has 3 aromatic rings. The average Bonchev–Trinajstić information content (AvgIpc) is 2.99. The smallest absolute Gasteiger partial charge is 0.256 e. The molecule has 0 bridgehead atoms. The van der Waals surface area contributed by atoms with Crippen LogP contribution in [0.3, 0.4) is 0 Å². The molecule has 0 atom stereocenters.